The number of hydrogen-bond acceptors (Lipinski definition) is 5. The number of hydrogen-bond donors (Lipinski definition) is 2. The van der Waals surface area contributed by atoms with Crippen molar-refractivity contribution in [2.45, 2.75) is 25.3 Å². The predicted molar refractivity (Wildman–Crippen MR) is 47.1 cm³/mol. The molecule has 0 radical (unpaired) electrons. The van der Waals surface area contributed by atoms with Gasteiger partial charge in [0, 0.05) is 12.5 Å². The van der Waals surface area contributed by atoms with E-state index in [1.54, 1.807) is 0 Å². The van der Waals surface area contributed by atoms with Gasteiger partial charge in [-0.2, -0.15) is 4.98 Å². The Hall–Kier alpha value is -0.940. The zero-order chi connectivity index (χ0) is 9.26. The molecule has 0 saturated carbocycles. The zero-order valence-corrected chi connectivity index (χ0v) is 7.66. The largest absolute Gasteiger partial charge is 0.338 e. The summed E-state index contributed by atoms with van der Waals surface area (Å²) in [7, 11) is 0. The summed E-state index contributed by atoms with van der Waals surface area (Å²) in [6.07, 6.45) is 1.08. The first-order valence-corrected chi connectivity index (χ1v) is 4.57. The quantitative estimate of drug-likeness (QED) is 0.681. The van der Waals surface area contributed by atoms with Crippen LogP contribution in [-0.2, 0) is 0 Å². The molecular formula is C8H14N4O. The van der Waals surface area contributed by atoms with E-state index >= 15 is 0 Å². The smallest absolute Gasteiger partial charge is 0.243 e. The summed E-state index contributed by atoms with van der Waals surface area (Å²) in [5.41, 5.74) is 5.61. The van der Waals surface area contributed by atoms with E-state index < -0.39 is 0 Å². The van der Waals surface area contributed by atoms with Gasteiger partial charge in [0.25, 0.3) is 0 Å². The van der Waals surface area contributed by atoms with Crippen molar-refractivity contribution in [3.8, 4) is 0 Å². The molecule has 1 fully saturated rings. The van der Waals surface area contributed by atoms with E-state index in [1.807, 2.05) is 6.92 Å². The highest BCUT2D eigenvalue weighted by atomic mass is 16.5. The summed E-state index contributed by atoms with van der Waals surface area (Å²) in [4.78, 5) is 4.25. The molecule has 1 aliphatic heterocycles. The van der Waals surface area contributed by atoms with E-state index in [-0.39, 0.29) is 6.04 Å². The van der Waals surface area contributed by atoms with Gasteiger partial charge in [-0.05, 0) is 19.9 Å². The van der Waals surface area contributed by atoms with E-state index in [0.717, 1.165) is 25.3 Å². The van der Waals surface area contributed by atoms with Crippen molar-refractivity contribution in [1.29, 1.82) is 0 Å². The third kappa shape index (κ3) is 1.71. The van der Waals surface area contributed by atoms with Crippen molar-refractivity contribution in [3.05, 3.63) is 11.7 Å². The van der Waals surface area contributed by atoms with Crippen LogP contribution in [0.25, 0.3) is 0 Å². The molecule has 0 amide bonds. The molecule has 5 nitrogen and oxygen atoms in total. The van der Waals surface area contributed by atoms with Gasteiger partial charge in [0.2, 0.25) is 5.89 Å². The van der Waals surface area contributed by atoms with Crippen LogP contribution in [0.1, 0.15) is 37.0 Å². The molecule has 13 heavy (non-hydrogen) atoms. The Balaban J connectivity index is 2.12. The second-order valence-corrected chi connectivity index (χ2v) is 3.47. The fourth-order valence-corrected chi connectivity index (χ4v) is 1.47. The molecule has 1 aromatic rings. The van der Waals surface area contributed by atoms with Crippen molar-refractivity contribution in [3.63, 3.8) is 0 Å². The average molecular weight is 182 g/mol. The summed E-state index contributed by atoms with van der Waals surface area (Å²) in [5, 5.41) is 7.17. The number of aromatic nitrogens is 2. The lowest BCUT2D eigenvalue weighted by Gasteiger charge is -1.99. The standard InChI is InChI=1S/C8H14N4O/c1-5(9)8-11-7(12-13-8)6-2-3-10-4-6/h5-6,10H,2-4,9H2,1H3/t5-,6?/m1/s1. The molecular weight excluding hydrogens is 168 g/mol. The molecule has 0 aliphatic carbocycles. The Labute approximate surface area is 76.7 Å². The summed E-state index contributed by atoms with van der Waals surface area (Å²) in [6.45, 7) is 3.81. The van der Waals surface area contributed by atoms with Crippen LogP contribution < -0.4 is 11.1 Å². The summed E-state index contributed by atoms with van der Waals surface area (Å²) in [6, 6.07) is -0.171. The van der Waals surface area contributed by atoms with Gasteiger partial charge >= 0.3 is 0 Å². The molecule has 2 atom stereocenters. The van der Waals surface area contributed by atoms with Crippen LogP contribution >= 0.6 is 0 Å². The van der Waals surface area contributed by atoms with Gasteiger partial charge < -0.3 is 15.6 Å². The van der Waals surface area contributed by atoms with Crippen molar-refractivity contribution in [2.75, 3.05) is 13.1 Å². The first-order chi connectivity index (χ1) is 6.27. The van der Waals surface area contributed by atoms with Gasteiger partial charge in [-0.1, -0.05) is 5.16 Å². The Morgan fingerprint density at radius 2 is 2.54 bits per heavy atom. The Bertz CT molecular complexity index is 277. The first kappa shape index (κ1) is 8.65. The maximum atomic E-state index is 5.61. The van der Waals surface area contributed by atoms with Crippen LogP contribution in [0.15, 0.2) is 4.52 Å². The topological polar surface area (TPSA) is 77.0 Å². The van der Waals surface area contributed by atoms with Gasteiger partial charge in [0.1, 0.15) is 0 Å². The molecule has 2 heterocycles. The second-order valence-electron chi connectivity index (χ2n) is 3.47. The minimum absolute atomic E-state index is 0.171. The van der Waals surface area contributed by atoms with Gasteiger partial charge in [0.15, 0.2) is 5.82 Å². The molecule has 5 heteroatoms. The zero-order valence-electron chi connectivity index (χ0n) is 7.66. The summed E-state index contributed by atoms with van der Waals surface area (Å²) in [5.74, 6) is 1.72. The van der Waals surface area contributed by atoms with Crippen LogP contribution in [-0.4, -0.2) is 23.2 Å². The third-order valence-electron chi connectivity index (χ3n) is 2.27. The highest BCUT2D eigenvalue weighted by Gasteiger charge is 2.22. The summed E-state index contributed by atoms with van der Waals surface area (Å²) < 4.78 is 5.02. The highest BCUT2D eigenvalue weighted by Crippen LogP contribution is 2.20. The van der Waals surface area contributed by atoms with Gasteiger partial charge in [-0.3, -0.25) is 0 Å². The molecule has 1 saturated heterocycles. The number of nitrogens with one attached hydrogen (secondary N) is 1. The fraction of sp³-hybridized carbons (Fsp3) is 0.750. The summed E-state index contributed by atoms with van der Waals surface area (Å²) >= 11 is 0. The fourth-order valence-electron chi connectivity index (χ4n) is 1.47. The molecule has 2 rings (SSSR count). The SMILES string of the molecule is C[C@@H](N)c1nc(C2CCNC2)no1. The lowest BCUT2D eigenvalue weighted by molar-refractivity contribution is 0.355. The van der Waals surface area contributed by atoms with Crippen LogP contribution in [0.2, 0.25) is 0 Å². The molecule has 72 valence electrons. The van der Waals surface area contributed by atoms with Gasteiger partial charge in [-0.25, -0.2) is 0 Å². The highest BCUT2D eigenvalue weighted by molar-refractivity contribution is 5.00. The van der Waals surface area contributed by atoms with Crippen molar-refractivity contribution in [2.24, 2.45) is 5.73 Å². The Morgan fingerprint density at radius 1 is 1.69 bits per heavy atom. The Morgan fingerprint density at radius 3 is 3.08 bits per heavy atom. The molecule has 3 N–H and O–H groups in total. The van der Waals surface area contributed by atoms with Gasteiger partial charge in [0.05, 0.1) is 6.04 Å². The molecule has 0 spiro atoms. The third-order valence-corrected chi connectivity index (χ3v) is 2.27. The van der Waals surface area contributed by atoms with E-state index in [2.05, 4.69) is 15.5 Å². The molecule has 0 bridgehead atoms. The van der Waals surface area contributed by atoms with Crippen molar-refractivity contribution in [1.82, 2.24) is 15.5 Å². The number of nitrogens with zero attached hydrogens (tertiary/aromatic N) is 2. The number of nitrogens with two attached hydrogens (primary N) is 1. The second kappa shape index (κ2) is 3.43. The van der Waals surface area contributed by atoms with Crippen LogP contribution in [0.3, 0.4) is 0 Å². The van der Waals surface area contributed by atoms with Crippen LogP contribution in [0.5, 0.6) is 0 Å². The lowest BCUT2D eigenvalue weighted by Crippen LogP contribution is -2.09. The maximum absolute atomic E-state index is 5.61. The molecule has 1 unspecified atom stereocenters. The maximum Gasteiger partial charge on any atom is 0.243 e. The van der Waals surface area contributed by atoms with Crippen LogP contribution in [0.4, 0.5) is 0 Å². The first-order valence-electron chi connectivity index (χ1n) is 4.57. The van der Waals surface area contributed by atoms with Crippen molar-refractivity contribution >= 4 is 0 Å². The minimum atomic E-state index is -0.171. The molecule has 0 aromatic carbocycles. The monoisotopic (exact) mass is 182 g/mol. The van der Waals surface area contributed by atoms with E-state index in [9.17, 15) is 0 Å². The average Bonchev–Trinajstić information content (AvgIpc) is 2.75. The normalized spacial score (nSPS) is 24.9. The predicted octanol–water partition coefficient (Wildman–Crippen LogP) is 0.166. The molecule has 1 aromatic heterocycles. The van der Waals surface area contributed by atoms with E-state index in [4.69, 9.17) is 10.3 Å². The Kier molecular flexibility index (Phi) is 2.28. The van der Waals surface area contributed by atoms with Crippen LogP contribution in [0, 0.1) is 0 Å². The van der Waals surface area contributed by atoms with E-state index in [0.29, 0.717) is 11.8 Å². The van der Waals surface area contributed by atoms with Crippen molar-refractivity contribution < 1.29 is 4.52 Å². The van der Waals surface area contributed by atoms with Gasteiger partial charge in [-0.15, -0.1) is 0 Å². The van der Waals surface area contributed by atoms with E-state index in [1.165, 1.54) is 0 Å². The number of rotatable bonds is 2. The lowest BCUT2D eigenvalue weighted by atomic mass is 10.1. The minimum Gasteiger partial charge on any atom is -0.338 e. The molecule has 1 aliphatic rings.